The third-order valence-corrected chi connectivity index (χ3v) is 6.17. The Morgan fingerprint density at radius 1 is 1.11 bits per heavy atom. The number of nitrogens with zero attached hydrogens (tertiary/aromatic N) is 1. The molecule has 0 aromatic heterocycles. The Morgan fingerprint density at radius 2 is 1.71 bits per heavy atom. The normalized spacial score (nSPS) is 17.2. The predicted octanol–water partition coefficient (Wildman–Crippen LogP) is 4.54. The number of carboxylic acid groups (broad SMARTS) is 1. The fraction of sp³-hybridized carbons (Fsp3) is 0.409. The van der Waals surface area contributed by atoms with Crippen LogP contribution >= 0.6 is 0 Å². The predicted molar refractivity (Wildman–Crippen MR) is 110 cm³/mol. The number of ether oxygens (including phenoxy) is 1. The summed E-state index contributed by atoms with van der Waals surface area (Å²) >= 11 is 0. The molecule has 0 saturated heterocycles. The Labute approximate surface area is 167 Å². The zero-order valence-electron chi connectivity index (χ0n) is 16.0. The van der Waals surface area contributed by atoms with Crippen LogP contribution in [0, 0.1) is 11.8 Å². The molecule has 1 N–H and O–H groups in total. The van der Waals surface area contributed by atoms with Crippen LogP contribution in [0.4, 0.5) is 5.69 Å². The molecule has 2 saturated carbocycles. The van der Waals surface area contributed by atoms with Gasteiger partial charge in [0, 0.05) is 19.3 Å². The van der Waals surface area contributed by atoms with E-state index >= 15 is 0 Å². The monoisotopic (exact) mass is 399 g/mol. The van der Waals surface area contributed by atoms with Crippen molar-refractivity contribution in [2.24, 2.45) is 11.8 Å². The SMILES string of the molecule is CS(=O)c1cc(C(=O)O)cc(N(CC2CC2)CC2CC2)c1Oc1ccccc1. The van der Waals surface area contributed by atoms with Crippen molar-refractivity contribution in [2.75, 3.05) is 24.2 Å². The summed E-state index contributed by atoms with van der Waals surface area (Å²) in [5, 5.41) is 9.61. The van der Waals surface area contributed by atoms with Crippen LogP contribution in [-0.2, 0) is 10.8 Å². The second-order valence-corrected chi connectivity index (χ2v) is 9.14. The summed E-state index contributed by atoms with van der Waals surface area (Å²) in [5.41, 5.74) is 0.893. The Kier molecular flexibility index (Phi) is 5.40. The van der Waals surface area contributed by atoms with Crippen LogP contribution < -0.4 is 9.64 Å². The van der Waals surface area contributed by atoms with E-state index in [1.165, 1.54) is 31.7 Å². The molecule has 0 bridgehead atoms. The first-order valence-corrected chi connectivity index (χ1v) is 11.3. The van der Waals surface area contributed by atoms with E-state index in [0.717, 1.165) is 18.8 Å². The van der Waals surface area contributed by atoms with Gasteiger partial charge in [-0.3, -0.25) is 4.21 Å². The molecule has 5 nitrogen and oxygen atoms in total. The number of hydrogen-bond donors (Lipinski definition) is 1. The van der Waals surface area contributed by atoms with E-state index in [1.54, 1.807) is 12.3 Å². The van der Waals surface area contributed by atoms with E-state index in [2.05, 4.69) is 4.90 Å². The van der Waals surface area contributed by atoms with Crippen molar-refractivity contribution in [3.05, 3.63) is 48.0 Å². The lowest BCUT2D eigenvalue weighted by molar-refractivity contribution is 0.0696. The number of rotatable bonds is 9. The molecular weight excluding hydrogens is 374 g/mol. The van der Waals surface area contributed by atoms with Gasteiger partial charge in [-0.1, -0.05) is 18.2 Å². The maximum absolute atomic E-state index is 12.5. The minimum Gasteiger partial charge on any atom is -0.478 e. The second kappa shape index (κ2) is 7.95. The van der Waals surface area contributed by atoms with Gasteiger partial charge in [-0.2, -0.15) is 0 Å². The molecule has 6 heteroatoms. The van der Waals surface area contributed by atoms with Gasteiger partial charge in [0.15, 0.2) is 5.75 Å². The molecule has 2 aliphatic carbocycles. The van der Waals surface area contributed by atoms with Gasteiger partial charge in [-0.25, -0.2) is 4.79 Å². The van der Waals surface area contributed by atoms with Crippen molar-refractivity contribution in [1.82, 2.24) is 0 Å². The summed E-state index contributed by atoms with van der Waals surface area (Å²) in [6.07, 6.45) is 6.40. The van der Waals surface area contributed by atoms with Crippen LogP contribution in [0.3, 0.4) is 0 Å². The Bertz CT molecular complexity index is 877. The number of carbonyl (C=O) groups is 1. The fourth-order valence-corrected chi connectivity index (χ4v) is 4.06. The van der Waals surface area contributed by atoms with Gasteiger partial charge in [0.25, 0.3) is 0 Å². The van der Waals surface area contributed by atoms with E-state index in [9.17, 15) is 14.1 Å². The van der Waals surface area contributed by atoms with Gasteiger partial charge in [0.2, 0.25) is 0 Å². The number of para-hydroxylation sites is 1. The molecule has 2 aliphatic rings. The van der Waals surface area contributed by atoms with Crippen molar-refractivity contribution in [2.45, 2.75) is 30.6 Å². The summed E-state index contributed by atoms with van der Waals surface area (Å²) in [5.74, 6) is 1.44. The van der Waals surface area contributed by atoms with E-state index in [4.69, 9.17) is 4.74 Å². The maximum atomic E-state index is 12.5. The summed E-state index contributed by atoms with van der Waals surface area (Å²) < 4.78 is 18.7. The molecule has 0 amide bonds. The third-order valence-electron chi connectivity index (χ3n) is 5.25. The first kappa shape index (κ1) is 19.0. The number of anilines is 1. The van der Waals surface area contributed by atoms with Gasteiger partial charge in [-0.15, -0.1) is 0 Å². The first-order valence-electron chi connectivity index (χ1n) is 9.74. The van der Waals surface area contributed by atoms with E-state index in [1.807, 2.05) is 30.3 Å². The number of carboxylic acids is 1. The molecule has 0 aliphatic heterocycles. The minimum absolute atomic E-state index is 0.150. The van der Waals surface area contributed by atoms with Gasteiger partial charge in [0.1, 0.15) is 5.75 Å². The average Bonchev–Trinajstić information content (AvgIpc) is 3.58. The lowest BCUT2D eigenvalue weighted by Gasteiger charge is -2.28. The maximum Gasteiger partial charge on any atom is 0.335 e. The number of aromatic carboxylic acids is 1. The summed E-state index contributed by atoms with van der Waals surface area (Å²) in [4.78, 5) is 14.4. The van der Waals surface area contributed by atoms with Crippen molar-refractivity contribution in [1.29, 1.82) is 0 Å². The molecule has 0 spiro atoms. The van der Waals surface area contributed by atoms with Gasteiger partial charge < -0.3 is 14.7 Å². The molecule has 1 unspecified atom stereocenters. The molecule has 0 heterocycles. The van der Waals surface area contributed by atoms with Crippen molar-refractivity contribution >= 4 is 22.5 Å². The number of benzene rings is 2. The molecule has 2 fully saturated rings. The third kappa shape index (κ3) is 4.55. The highest BCUT2D eigenvalue weighted by Gasteiger charge is 2.32. The molecule has 4 rings (SSSR count). The Morgan fingerprint density at radius 3 is 2.21 bits per heavy atom. The van der Waals surface area contributed by atoms with Crippen molar-refractivity contribution < 1.29 is 18.8 Å². The van der Waals surface area contributed by atoms with Crippen molar-refractivity contribution in [3.8, 4) is 11.5 Å². The standard InChI is InChI=1S/C22H25NO4S/c1-28(26)20-12-17(22(24)25)11-19(21(20)27-18-5-3-2-4-6-18)23(13-15-7-8-15)14-16-9-10-16/h2-6,11-12,15-16H,7-10,13-14H2,1H3,(H,24,25). The summed E-state index contributed by atoms with van der Waals surface area (Å²) in [6, 6.07) is 12.5. The molecule has 2 aromatic rings. The van der Waals surface area contributed by atoms with Crippen LogP contribution in [0.2, 0.25) is 0 Å². The molecular formula is C22H25NO4S. The van der Waals surface area contributed by atoms with E-state index in [0.29, 0.717) is 28.2 Å². The molecule has 1 atom stereocenters. The summed E-state index contributed by atoms with van der Waals surface area (Å²) in [7, 11) is -1.38. The minimum atomic E-state index is -1.38. The van der Waals surface area contributed by atoms with Crippen LogP contribution in [0.1, 0.15) is 36.0 Å². The number of hydrogen-bond acceptors (Lipinski definition) is 4. The highest BCUT2D eigenvalue weighted by atomic mass is 32.2. The van der Waals surface area contributed by atoms with E-state index < -0.39 is 16.8 Å². The van der Waals surface area contributed by atoms with Crippen LogP contribution in [-0.4, -0.2) is 34.6 Å². The van der Waals surface area contributed by atoms with E-state index in [-0.39, 0.29) is 5.56 Å². The topological polar surface area (TPSA) is 66.8 Å². The fourth-order valence-electron chi connectivity index (χ4n) is 3.36. The summed E-state index contributed by atoms with van der Waals surface area (Å²) in [6.45, 7) is 1.78. The highest BCUT2D eigenvalue weighted by Crippen LogP contribution is 2.43. The smallest absolute Gasteiger partial charge is 0.335 e. The van der Waals surface area contributed by atoms with Gasteiger partial charge in [0.05, 0.1) is 26.9 Å². The lowest BCUT2D eigenvalue weighted by Crippen LogP contribution is -2.29. The average molecular weight is 400 g/mol. The molecule has 148 valence electrons. The Balaban J connectivity index is 1.81. The quantitative estimate of drug-likeness (QED) is 0.670. The zero-order valence-corrected chi connectivity index (χ0v) is 16.8. The molecule has 0 radical (unpaired) electrons. The van der Waals surface area contributed by atoms with Gasteiger partial charge >= 0.3 is 5.97 Å². The second-order valence-electron chi connectivity index (χ2n) is 7.79. The Hall–Kier alpha value is -2.34. The van der Waals surface area contributed by atoms with Crippen LogP contribution in [0.5, 0.6) is 11.5 Å². The largest absolute Gasteiger partial charge is 0.478 e. The molecule has 2 aromatic carbocycles. The van der Waals surface area contributed by atoms with Crippen molar-refractivity contribution in [3.63, 3.8) is 0 Å². The van der Waals surface area contributed by atoms with Crippen LogP contribution in [0.15, 0.2) is 47.4 Å². The molecule has 28 heavy (non-hydrogen) atoms. The van der Waals surface area contributed by atoms with Crippen LogP contribution in [0.25, 0.3) is 0 Å². The first-order chi connectivity index (χ1) is 13.5. The van der Waals surface area contributed by atoms with Gasteiger partial charge in [-0.05, 0) is 61.8 Å². The highest BCUT2D eigenvalue weighted by molar-refractivity contribution is 7.84. The zero-order chi connectivity index (χ0) is 19.7. The lowest BCUT2D eigenvalue weighted by atomic mass is 10.1.